The third kappa shape index (κ3) is 4.93. The van der Waals surface area contributed by atoms with Crippen molar-refractivity contribution in [3.63, 3.8) is 0 Å². The standard InChI is InChI=1S/C27H41NO4Si/c1-19-13-14-22(26(2,3)20-11-9-8-10-12-20)23(15-19)31-25(29)27-17-21(32-33(5,6)7)16-24(30-4)28(27)18-27/h8-12,16,19,22-24H,13-15,17-18H2,1-7H3/t19-,22-,23-,24-,27-,28?/m1/s1. The summed E-state index contributed by atoms with van der Waals surface area (Å²) in [5.74, 6) is 1.62. The molecule has 1 aromatic rings. The first kappa shape index (κ1) is 24.5. The van der Waals surface area contributed by atoms with Gasteiger partial charge < -0.3 is 13.9 Å². The molecule has 1 saturated heterocycles. The summed E-state index contributed by atoms with van der Waals surface area (Å²) in [7, 11) is -0.0964. The van der Waals surface area contributed by atoms with Crippen LogP contribution in [0.4, 0.5) is 0 Å². The Kier molecular flexibility index (Phi) is 6.58. The highest BCUT2D eigenvalue weighted by atomic mass is 28.4. The molecule has 2 aliphatic heterocycles. The average Bonchev–Trinajstić information content (AvgIpc) is 3.48. The SMILES string of the molecule is CO[C@@H]1C=C(O[Si](C)(C)C)C[C@]2(C(=O)O[C@@H]3C[C@H](C)CC[C@H]3C(C)(C)c3ccccc3)CN12. The minimum Gasteiger partial charge on any atom is -0.547 e. The lowest BCUT2D eigenvalue weighted by Gasteiger charge is -2.44. The molecule has 0 aromatic heterocycles. The van der Waals surface area contributed by atoms with Crippen LogP contribution >= 0.6 is 0 Å². The van der Waals surface area contributed by atoms with Gasteiger partial charge in [-0.1, -0.05) is 57.5 Å². The first-order chi connectivity index (χ1) is 15.5. The molecule has 6 heteroatoms. The fourth-order valence-electron chi connectivity index (χ4n) is 5.86. The van der Waals surface area contributed by atoms with Crippen molar-refractivity contribution in [1.29, 1.82) is 0 Å². The molecule has 1 unspecified atom stereocenters. The molecular weight excluding hydrogens is 430 g/mol. The van der Waals surface area contributed by atoms with E-state index >= 15 is 0 Å². The molecule has 33 heavy (non-hydrogen) atoms. The van der Waals surface area contributed by atoms with Crippen LogP contribution in [0.1, 0.15) is 52.0 Å². The number of rotatable bonds is 7. The molecule has 1 aromatic carbocycles. The molecule has 2 fully saturated rings. The molecule has 1 saturated carbocycles. The van der Waals surface area contributed by atoms with Gasteiger partial charge in [0.25, 0.3) is 0 Å². The third-order valence-electron chi connectivity index (χ3n) is 7.80. The number of nitrogens with zero attached hydrogens (tertiary/aromatic N) is 1. The fourth-order valence-corrected chi connectivity index (χ4v) is 6.79. The summed E-state index contributed by atoms with van der Waals surface area (Å²) in [6, 6.07) is 10.7. The predicted molar refractivity (Wildman–Crippen MR) is 133 cm³/mol. The normalized spacial score (nSPS) is 34.2. The summed E-state index contributed by atoms with van der Waals surface area (Å²) in [4.78, 5) is 15.8. The number of methoxy groups -OCH3 is 1. The Labute approximate surface area is 200 Å². The number of fused-ring (bicyclic) bond motifs is 1. The number of ether oxygens (including phenoxy) is 2. The lowest BCUT2D eigenvalue weighted by atomic mass is 9.64. The van der Waals surface area contributed by atoms with Crippen LogP contribution in [0.2, 0.25) is 19.6 Å². The monoisotopic (exact) mass is 471 g/mol. The van der Waals surface area contributed by atoms with Crippen molar-refractivity contribution in [2.45, 2.75) is 89.4 Å². The molecule has 5 nitrogen and oxygen atoms in total. The first-order valence-electron chi connectivity index (χ1n) is 12.4. The maximum absolute atomic E-state index is 13.7. The summed E-state index contributed by atoms with van der Waals surface area (Å²) in [6.45, 7) is 14.0. The molecule has 0 bridgehead atoms. The number of carbonyl (C=O) groups excluding carboxylic acids is 1. The van der Waals surface area contributed by atoms with E-state index in [1.54, 1.807) is 7.11 Å². The Bertz CT molecular complexity index is 893. The summed E-state index contributed by atoms with van der Waals surface area (Å²) in [6.07, 6.45) is 5.45. The van der Waals surface area contributed by atoms with Crippen LogP contribution in [0.15, 0.2) is 42.2 Å². The molecule has 1 aliphatic carbocycles. The Balaban J connectivity index is 1.54. The number of benzene rings is 1. The van der Waals surface area contributed by atoms with Crippen molar-refractivity contribution in [1.82, 2.24) is 4.90 Å². The van der Waals surface area contributed by atoms with E-state index in [-0.39, 0.29) is 23.7 Å². The van der Waals surface area contributed by atoms with Crippen LogP contribution in [-0.4, -0.2) is 50.7 Å². The van der Waals surface area contributed by atoms with E-state index < -0.39 is 13.9 Å². The number of carbonyl (C=O) groups is 1. The predicted octanol–water partition coefficient (Wildman–Crippen LogP) is 5.48. The van der Waals surface area contributed by atoms with E-state index in [2.05, 4.69) is 75.6 Å². The molecule has 0 radical (unpaired) electrons. The van der Waals surface area contributed by atoms with Gasteiger partial charge in [-0.3, -0.25) is 4.90 Å². The quantitative estimate of drug-likeness (QED) is 0.299. The van der Waals surface area contributed by atoms with Gasteiger partial charge in [0.1, 0.15) is 17.9 Å². The first-order valence-corrected chi connectivity index (χ1v) is 15.8. The van der Waals surface area contributed by atoms with E-state index in [9.17, 15) is 4.79 Å². The highest BCUT2D eigenvalue weighted by Gasteiger charge is 2.65. The molecule has 0 amide bonds. The number of hydrogen-bond acceptors (Lipinski definition) is 5. The number of esters is 1. The number of hydrogen-bond donors (Lipinski definition) is 0. The largest absolute Gasteiger partial charge is 0.547 e. The van der Waals surface area contributed by atoms with Gasteiger partial charge in [0.15, 0.2) is 0 Å². The summed E-state index contributed by atoms with van der Waals surface area (Å²) < 4.78 is 18.4. The Morgan fingerprint density at radius 1 is 1.15 bits per heavy atom. The van der Waals surface area contributed by atoms with E-state index in [4.69, 9.17) is 13.9 Å². The maximum Gasteiger partial charge on any atom is 0.328 e. The van der Waals surface area contributed by atoms with E-state index in [0.29, 0.717) is 24.8 Å². The van der Waals surface area contributed by atoms with Gasteiger partial charge in [0.2, 0.25) is 8.32 Å². The lowest BCUT2D eigenvalue weighted by molar-refractivity contribution is -0.163. The average molecular weight is 472 g/mol. The van der Waals surface area contributed by atoms with Gasteiger partial charge in [0, 0.05) is 26.0 Å². The van der Waals surface area contributed by atoms with Crippen molar-refractivity contribution < 1.29 is 18.7 Å². The second kappa shape index (κ2) is 8.86. The van der Waals surface area contributed by atoms with Crippen LogP contribution in [0, 0.1) is 11.8 Å². The molecule has 3 aliphatic rings. The molecule has 0 N–H and O–H groups in total. The van der Waals surface area contributed by atoms with Crippen molar-refractivity contribution in [2.75, 3.05) is 13.7 Å². The molecule has 0 spiro atoms. The van der Waals surface area contributed by atoms with E-state index in [1.807, 2.05) is 6.08 Å². The van der Waals surface area contributed by atoms with Crippen molar-refractivity contribution in [3.8, 4) is 0 Å². The Morgan fingerprint density at radius 3 is 2.48 bits per heavy atom. The zero-order valence-corrected chi connectivity index (χ0v) is 22.4. The fraction of sp³-hybridized carbons (Fsp3) is 0.667. The minimum atomic E-state index is -1.79. The zero-order chi connectivity index (χ0) is 24.0. The summed E-state index contributed by atoms with van der Waals surface area (Å²) >= 11 is 0. The van der Waals surface area contributed by atoms with Crippen LogP contribution in [0.3, 0.4) is 0 Å². The lowest BCUT2D eigenvalue weighted by Crippen LogP contribution is -2.47. The van der Waals surface area contributed by atoms with Gasteiger partial charge in [-0.05, 0) is 55.5 Å². The van der Waals surface area contributed by atoms with Crippen molar-refractivity contribution in [2.24, 2.45) is 11.8 Å². The smallest absolute Gasteiger partial charge is 0.328 e. The summed E-state index contributed by atoms with van der Waals surface area (Å²) in [5, 5.41) is 0. The molecule has 4 rings (SSSR count). The van der Waals surface area contributed by atoms with Gasteiger partial charge >= 0.3 is 5.97 Å². The van der Waals surface area contributed by atoms with Crippen LogP contribution < -0.4 is 0 Å². The van der Waals surface area contributed by atoms with Gasteiger partial charge in [-0.2, -0.15) is 0 Å². The van der Waals surface area contributed by atoms with E-state index in [1.165, 1.54) is 12.0 Å². The molecule has 6 atom stereocenters. The van der Waals surface area contributed by atoms with Crippen LogP contribution in [0.5, 0.6) is 0 Å². The molecular formula is C27H41NO4Si. The topological polar surface area (TPSA) is 47.8 Å². The second-order valence-electron chi connectivity index (χ2n) is 11.9. The molecule has 2 heterocycles. The Hall–Kier alpha value is -1.63. The van der Waals surface area contributed by atoms with Crippen LogP contribution in [-0.2, 0) is 24.1 Å². The van der Waals surface area contributed by atoms with E-state index in [0.717, 1.165) is 18.6 Å². The minimum absolute atomic E-state index is 0.0686. The van der Waals surface area contributed by atoms with Gasteiger partial charge in [-0.15, -0.1) is 0 Å². The Morgan fingerprint density at radius 2 is 1.85 bits per heavy atom. The van der Waals surface area contributed by atoms with Gasteiger partial charge in [0.05, 0.1) is 5.76 Å². The summed E-state index contributed by atoms with van der Waals surface area (Å²) in [5.41, 5.74) is 0.593. The van der Waals surface area contributed by atoms with Crippen LogP contribution in [0.25, 0.3) is 0 Å². The third-order valence-corrected chi connectivity index (χ3v) is 8.67. The van der Waals surface area contributed by atoms with Crippen molar-refractivity contribution >= 4 is 14.3 Å². The molecule has 182 valence electrons. The van der Waals surface area contributed by atoms with Gasteiger partial charge in [-0.25, -0.2) is 4.79 Å². The second-order valence-corrected chi connectivity index (χ2v) is 16.3. The maximum atomic E-state index is 13.7. The highest BCUT2D eigenvalue weighted by molar-refractivity contribution is 6.70. The highest BCUT2D eigenvalue weighted by Crippen LogP contribution is 2.49. The zero-order valence-electron chi connectivity index (χ0n) is 21.4. The van der Waals surface area contributed by atoms with Crippen molar-refractivity contribution in [3.05, 3.63) is 47.7 Å².